The van der Waals surface area contributed by atoms with Crippen LogP contribution in [0.3, 0.4) is 0 Å². The summed E-state index contributed by atoms with van der Waals surface area (Å²) in [5.41, 5.74) is 0. The Morgan fingerprint density at radius 1 is 1.15 bits per heavy atom. The molecule has 1 heteroatoms. The van der Waals surface area contributed by atoms with Crippen molar-refractivity contribution in [3.05, 3.63) is 0 Å². The first-order valence-corrected chi connectivity index (χ1v) is 5.28. The molecule has 0 saturated carbocycles. The zero-order valence-corrected chi connectivity index (χ0v) is 9.43. The molecule has 2 unspecified atom stereocenters. The number of hydrogen-bond acceptors (Lipinski definition) is 1. The van der Waals surface area contributed by atoms with Crippen molar-refractivity contribution in [2.75, 3.05) is 0 Å². The second-order valence-corrected chi connectivity index (χ2v) is 4.28. The van der Waals surface area contributed by atoms with Crippen LogP contribution in [0.1, 0.15) is 47.0 Å². The molecule has 0 spiro atoms. The van der Waals surface area contributed by atoms with E-state index in [0.717, 1.165) is 5.92 Å². The molecule has 0 heterocycles. The highest BCUT2D eigenvalue weighted by molar-refractivity contribution is 4.96. The maximum absolute atomic E-state index is 5.28. The van der Waals surface area contributed by atoms with Crippen LogP contribution in [0.15, 0.2) is 0 Å². The quantitative estimate of drug-likeness (QED) is 0.621. The highest BCUT2D eigenvalue weighted by Gasteiger charge is 2.04. The van der Waals surface area contributed by atoms with Gasteiger partial charge in [-0.2, -0.15) is 0 Å². The molecular weight excluding hydrogens is 158 g/mol. The molecule has 76 valence electrons. The summed E-state index contributed by atoms with van der Waals surface area (Å²) < 4.78 is 0. The Balaban J connectivity index is 3.41. The fourth-order valence-corrected chi connectivity index (χ4v) is 1.39. The molecule has 1 nitrogen and oxygen atoms in total. The molecule has 13 heavy (non-hydrogen) atoms. The van der Waals surface area contributed by atoms with E-state index in [0.29, 0.717) is 6.04 Å². The second kappa shape index (κ2) is 6.97. The van der Waals surface area contributed by atoms with E-state index >= 15 is 0 Å². The van der Waals surface area contributed by atoms with Crippen molar-refractivity contribution in [2.24, 2.45) is 5.92 Å². The molecular formula is C12H23N. The summed E-state index contributed by atoms with van der Waals surface area (Å²) in [7, 11) is 0. The van der Waals surface area contributed by atoms with Crippen molar-refractivity contribution in [3.63, 3.8) is 0 Å². The van der Waals surface area contributed by atoms with Crippen LogP contribution >= 0.6 is 0 Å². The zero-order valence-electron chi connectivity index (χ0n) is 9.43. The smallest absolute Gasteiger partial charge is 0.0660 e. The van der Waals surface area contributed by atoms with Gasteiger partial charge in [-0.05, 0) is 26.2 Å². The van der Waals surface area contributed by atoms with Gasteiger partial charge in [-0.25, -0.2) is 0 Å². The van der Waals surface area contributed by atoms with E-state index in [2.05, 4.69) is 32.0 Å². The minimum atomic E-state index is 0.203. The van der Waals surface area contributed by atoms with Gasteiger partial charge in [0.15, 0.2) is 0 Å². The van der Waals surface area contributed by atoms with E-state index in [4.69, 9.17) is 6.42 Å². The first-order valence-electron chi connectivity index (χ1n) is 5.28. The Labute approximate surface area is 83.3 Å². The average Bonchev–Trinajstić information content (AvgIpc) is 2.03. The third-order valence-corrected chi connectivity index (χ3v) is 2.20. The molecule has 0 saturated heterocycles. The van der Waals surface area contributed by atoms with Crippen molar-refractivity contribution in [3.8, 4) is 12.3 Å². The van der Waals surface area contributed by atoms with Crippen LogP contribution in [0.4, 0.5) is 0 Å². The number of terminal acetylenes is 1. The maximum Gasteiger partial charge on any atom is 0.0660 e. The molecule has 0 bridgehead atoms. The van der Waals surface area contributed by atoms with Crippen LogP contribution in [-0.4, -0.2) is 12.1 Å². The molecule has 0 radical (unpaired) electrons. The van der Waals surface area contributed by atoms with Gasteiger partial charge in [0, 0.05) is 6.04 Å². The lowest BCUT2D eigenvalue weighted by Crippen LogP contribution is -2.33. The van der Waals surface area contributed by atoms with Gasteiger partial charge in [0.05, 0.1) is 6.04 Å². The SMILES string of the molecule is C#CC(C)NC(C)CCCC(C)C. The van der Waals surface area contributed by atoms with Crippen molar-refractivity contribution < 1.29 is 0 Å². The summed E-state index contributed by atoms with van der Waals surface area (Å²) in [5.74, 6) is 3.50. The lowest BCUT2D eigenvalue weighted by molar-refractivity contribution is 0.447. The summed E-state index contributed by atoms with van der Waals surface area (Å²) in [4.78, 5) is 0. The molecule has 1 N–H and O–H groups in total. The van der Waals surface area contributed by atoms with Crippen LogP contribution in [0, 0.1) is 18.3 Å². The molecule has 0 aliphatic rings. The van der Waals surface area contributed by atoms with Gasteiger partial charge in [-0.3, -0.25) is 0 Å². The molecule has 2 atom stereocenters. The van der Waals surface area contributed by atoms with Gasteiger partial charge in [0.2, 0.25) is 0 Å². The Morgan fingerprint density at radius 2 is 1.77 bits per heavy atom. The summed E-state index contributed by atoms with van der Waals surface area (Å²) >= 11 is 0. The minimum absolute atomic E-state index is 0.203. The van der Waals surface area contributed by atoms with Gasteiger partial charge in [0.25, 0.3) is 0 Å². The summed E-state index contributed by atoms with van der Waals surface area (Å²) in [6.45, 7) is 8.76. The Hall–Kier alpha value is -0.480. The summed E-state index contributed by atoms with van der Waals surface area (Å²) in [5, 5.41) is 3.37. The van der Waals surface area contributed by atoms with Gasteiger partial charge >= 0.3 is 0 Å². The second-order valence-electron chi connectivity index (χ2n) is 4.28. The Kier molecular flexibility index (Phi) is 6.72. The highest BCUT2D eigenvalue weighted by atomic mass is 14.9. The van der Waals surface area contributed by atoms with E-state index in [1.54, 1.807) is 0 Å². The average molecular weight is 181 g/mol. The van der Waals surface area contributed by atoms with E-state index in [9.17, 15) is 0 Å². The van der Waals surface area contributed by atoms with Crippen LogP contribution < -0.4 is 5.32 Å². The lowest BCUT2D eigenvalue weighted by atomic mass is 10.0. The van der Waals surface area contributed by atoms with Crippen molar-refractivity contribution >= 4 is 0 Å². The van der Waals surface area contributed by atoms with Crippen molar-refractivity contribution in [2.45, 2.75) is 59.0 Å². The van der Waals surface area contributed by atoms with Crippen LogP contribution in [-0.2, 0) is 0 Å². The molecule has 0 amide bonds. The van der Waals surface area contributed by atoms with Crippen LogP contribution in [0.5, 0.6) is 0 Å². The molecule has 0 rings (SSSR count). The predicted octanol–water partition coefficient (Wildman–Crippen LogP) is 2.81. The van der Waals surface area contributed by atoms with Gasteiger partial charge in [0.1, 0.15) is 0 Å². The maximum atomic E-state index is 5.28. The van der Waals surface area contributed by atoms with Gasteiger partial charge < -0.3 is 5.32 Å². The van der Waals surface area contributed by atoms with E-state index in [-0.39, 0.29) is 6.04 Å². The molecule has 0 aromatic carbocycles. The number of hydrogen-bond donors (Lipinski definition) is 1. The molecule has 0 fully saturated rings. The lowest BCUT2D eigenvalue weighted by Gasteiger charge is -2.16. The van der Waals surface area contributed by atoms with E-state index < -0.39 is 0 Å². The first kappa shape index (κ1) is 12.5. The van der Waals surface area contributed by atoms with E-state index in [1.807, 2.05) is 6.92 Å². The fourth-order valence-electron chi connectivity index (χ4n) is 1.39. The predicted molar refractivity (Wildman–Crippen MR) is 59.6 cm³/mol. The zero-order chi connectivity index (χ0) is 10.3. The molecule has 0 aliphatic carbocycles. The Morgan fingerprint density at radius 3 is 2.23 bits per heavy atom. The normalized spacial score (nSPS) is 15.4. The number of nitrogens with one attached hydrogen (secondary N) is 1. The third kappa shape index (κ3) is 7.87. The summed E-state index contributed by atoms with van der Waals surface area (Å²) in [6, 6.07) is 0.749. The monoisotopic (exact) mass is 181 g/mol. The largest absolute Gasteiger partial charge is 0.301 e. The molecule has 0 aromatic heterocycles. The van der Waals surface area contributed by atoms with Crippen molar-refractivity contribution in [1.29, 1.82) is 0 Å². The first-order chi connectivity index (χ1) is 6.06. The summed E-state index contributed by atoms with van der Waals surface area (Å²) in [6.07, 6.45) is 9.12. The van der Waals surface area contributed by atoms with Crippen LogP contribution in [0.25, 0.3) is 0 Å². The molecule has 0 aliphatic heterocycles. The highest BCUT2D eigenvalue weighted by Crippen LogP contribution is 2.08. The number of rotatable bonds is 6. The Bertz CT molecular complexity index is 155. The topological polar surface area (TPSA) is 12.0 Å². The van der Waals surface area contributed by atoms with Gasteiger partial charge in [-0.15, -0.1) is 6.42 Å². The third-order valence-electron chi connectivity index (χ3n) is 2.20. The van der Waals surface area contributed by atoms with Crippen molar-refractivity contribution in [1.82, 2.24) is 5.32 Å². The molecule has 0 aromatic rings. The fraction of sp³-hybridized carbons (Fsp3) is 0.833. The van der Waals surface area contributed by atoms with Gasteiger partial charge in [-0.1, -0.05) is 32.6 Å². The van der Waals surface area contributed by atoms with E-state index in [1.165, 1.54) is 19.3 Å². The minimum Gasteiger partial charge on any atom is -0.301 e. The standard InChI is InChI=1S/C12H23N/c1-6-11(4)13-12(5)9-7-8-10(2)3/h1,10-13H,7-9H2,2-5H3. The van der Waals surface area contributed by atoms with Crippen LogP contribution in [0.2, 0.25) is 0 Å².